The molecule has 1 aliphatic carbocycles. The van der Waals surface area contributed by atoms with E-state index in [1.165, 1.54) is 17.8 Å². The maximum Gasteiger partial charge on any atom is 0.202 e. The molecule has 4 nitrogen and oxygen atoms in total. The summed E-state index contributed by atoms with van der Waals surface area (Å²) in [5, 5.41) is 0. The zero-order valence-corrected chi connectivity index (χ0v) is 16.0. The van der Waals surface area contributed by atoms with Crippen LogP contribution in [0, 0.1) is 0 Å². The fourth-order valence-corrected chi connectivity index (χ4v) is 3.95. The summed E-state index contributed by atoms with van der Waals surface area (Å²) in [5.41, 5.74) is 3.15. The Morgan fingerprint density at radius 2 is 1.42 bits per heavy atom. The third-order valence-corrected chi connectivity index (χ3v) is 5.28. The number of hydrogen-bond donors (Lipinski definition) is 0. The van der Waals surface area contributed by atoms with Crippen LogP contribution in [0.2, 0.25) is 0 Å². The standard InChI is InChI=1S/C19H26N2O2S/c1-6-20(7-2)13-10-14(22)12-16-15(11-13)17(21(8-3)9-4)19(24-5)18(16)23/h10-12H,6-9H2,1-5H3. The lowest BCUT2D eigenvalue weighted by Gasteiger charge is -2.25. The van der Waals surface area contributed by atoms with Crippen LogP contribution in [0.4, 0.5) is 5.69 Å². The largest absolute Gasteiger partial charge is 0.372 e. The Balaban J connectivity index is 2.77. The molecule has 0 aliphatic heterocycles. The van der Waals surface area contributed by atoms with E-state index in [9.17, 15) is 9.59 Å². The fraction of sp³-hybridized carbons (Fsp3) is 0.474. The molecule has 0 amide bonds. The number of carbonyl (C=O) groups excluding carboxylic acids is 1. The van der Waals surface area contributed by atoms with E-state index in [2.05, 4.69) is 37.5 Å². The number of allylic oxidation sites excluding steroid dienone is 1. The Bertz CT molecular complexity index is 720. The second-order valence-corrected chi connectivity index (χ2v) is 6.46. The van der Waals surface area contributed by atoms with Crippen LogP contribution in [-0.2, 0) is 0 Å². The quantitative estimate of drug-likeness (QED) is 0.756. The predicted octanol–water partition coefficient (Wildman–Crippen LogP) is 3.46. The van der Waals surface area contributed by atoms with Gasteiger partial charge in [0.2, 0.25) is 5.78 Å². The van der Waals surface area contributed by atoms with E-state index in [1.54, 1.807) is 6.07 Å². The summed E-state index contributed by atoms with van der Waals surface area (Å²) in [4.78, 5) is 30.2. The first kappa shape index (κ1) is 18.6. The smallest absolute Gasteiger partial charge is 0.202 e. The second kappa shape index (κ2) is 7.88. The molecule has 0 fully saturated rings. The van der Waals surface area contributed by atoms with Gasteiger partial charge in [-0.2, -0.15) is 0 Å². The number of thioether (sulfide) groups is 1. The van der Waals surface area contributed by atoms with Crippen molar-refractivity contribution < 1.29 is 4.79 Å². The van der Waals surface area contributed by atoms with E-state index in [-0.39, 0.29) is 11.2 Å². The van der Waals surface area contributed by atoms with Gasteiger partial charge in [-0.25, -0.2) is 0 Å². The van der Waals surface area contributed by atoms with Gasteiger partial charge < -0.3 is 9.80 Å². The van der Waals surface area contributed by atoms with Crippen molar-refractivity contribution in [3.05, 3.63) is 44.5 Å². The van der Waals surface area contributed by atoms with Crippen molar-refractivity contribution in [1.29, 1.82) is 0 Å². The highest BCUT2D eigenvalue weighted by molar-refractivity contribution is 8.03. The molecule has 0 atom stereocenters. The second-order valence-electron chi connectivity index (χ2n) is 5.64. The highest BCUT2D eigenvalue weighted by atomic mass is 32.2. The molecule has 0 radical (unpaired) electrons. The summed E-state index contributed by atoms with van der Waals surface area (Å²) >= 11 is 1.47. The number of fused-ring (bicyclic) bond motifs is 1. The van der Waals surface area contributed by atoms with Gasteiger partial charge in [0.25, 0.3) is 0 Å². The summed E-state index contributed by atoms with van der Waals surface area (Å²) in [6, 6.07) is 5.15. The summed E-state index contributed by atoms with van der Waals surface area (Å²) in [5.74, 6) is -0.0294. The molecule has 0 bridgehead atoms. The number of anilines is 1. The van der Waals surface area contributed by atoms with Gasteiger partial charge in [0.15, 0.2) is 5.43 Å². The van der Waals surface area contributed by atoms with Gasteiger partial charge in [0.1, 0.15) is 0 Å². The normalized spacial score (nSPS) is 13.3. The number of hydrogen-bond acceptors (Lipinski definition) is 5. The van der Waals surface area contributed by atoms with Crippen LogP contribution < -0.4 is 10.3 Å². The van der Waals surface area contributed by atoms with E-state index in [0.29, 0.717) is 5.56 Å². The zero-order valence-electron chi connectivity index (χ0n) is 15.2. The predicted molar refractivity (Wildman–Crippen MR) is 104 cm³/mol. The number of nitrogens with zero attached hydrogens (tertiary/aromatic N) is 2. The van der Waals surface area contributed by atoms with Gasteiger partial charge in [0, 0.05) is 49.1 Å². The molecule has 0 heterocycles. The maximum absolute atomic E-state index is 12.8. The highest BCUT2D eigenvalue weighted by Crippen LogP contribution is 2.39. The first-order chi connectivity index (χ1) is 11.5. The summed E-state index contributed by atoms with van der Waals surface area (Å²) in [7, 11) is 0. The van der Waals surface area contributed by atoms with Crippen LogP contribution in [0.15, 0.2) is 27.9 Å². The zero-order chi connectivity index (χ0) is 17.9. The minimum absolute atomic E-state index is 0.0294. The van der Waals surface area contributed by atoms with Gasteiger partial charge in [0.05, 0.1) is 10.6 Å². The van der Waals surface area contributed by atoms with Crippen molar-refractivity contribution in [3.8, 4) is 0 Å². The average Bonchev–Trinajstić information content (AvgIpc) is 2.72. The Kier molecular flexibility index (Phi) is 6.10. The third kappa shape index (κ3) is 3.22. The topological polar surface area (TPSA) is 40.6 Å². The molecule has 2 rings (SSSR count). The highest BCUT2D eigenvalue weighted by Gasteiger charge is 2.32. The first-order valence-corrected chi connectivity index (χ1v) is 9.77. The molecule has 0 saturated heterocycles. The monoisotopic (exact) mass is 346 g/mol. The van der Waals surface area contributed by atoms with Crippen LogP contribution in [0.1, 0.15) is 43.6 Å². The van der Waals surface area contributed by atoms with Gasteiger partial charge in [-0.3, -0.25) is 9.59 Å². The molecule has 1 aromatic carbocycles. The summed E-state index contributed by atoms with van der Waals surface area (Å²) in [6.07, 6.45) is 1.92. The molecular weight excluding hydrogens is 320 g/mol. The van der Waals surface area contributed by atoms with Crippen molar-refractivity contribution in [2.75, 3.05) is 37.3 Å². The van der Waals surface area contributed by atoms with Gasteiger partial charge in [-0.15, -0.1) is 11.8 Å². The molecule has 130 valence electrons. The van der Waals surface area contributed by atoms with E-state index < -0.39 is 0 Å². The van der Waals surface area contributed by atoms with Crippen molar-refractivity contribution >= 4 is 28.9 Å². The molecule has 5 heteroatoms. The minimum Gasteiger partial charge on any atom is -0.372 e. The van der Waals surface area contributed by atoms with Crippen LogP contribution in [-0.4, -0.2) is 43.1 Å². The lowest BCUT2D eigenvalue weighted by atomic mass is 10.1. The first-order valence-electron chi connectivity index (χ1n) is 8.54. The molecule has 0 N–H and O–H groups in total. The van der Waals surface area contributed by atoms with Crippen molar-refractivity contribution in [3.63, 3.8) is 0 Å². The van der Waals surface area contributed by atoms with Gasteiger partial charge in [-0.1, -0.05) is 0 Å². The third-order valence-electron chi connectivity index (χ3n) is 4.49. The Morgan fingerprint density at radius 1 is 0.833 bits per heavy atom. The summed E-state index contributed by atoms with van der Waals surface area (Å²) in [6.45, 7) is 11.6. The van der Waals surface area contributed by atoms with Gasteiger partial charge >= 0.3 is 0 Å². The molecule has 0 spiro atoms. The molecular formula is C19H26N2O2S. The lowest BCUT2D eigenvalue weighted by Crippen LogP contribution is -2.23. The number of ketones is 1. The van der Waals surface area contributed by atoms with Gasteiger partial charge in [-0.05, 0) is 46.1 Å². The van der Waals surface area contributed by atoms with Crippen LogP contribution in [0.25, 0.3) is 5.70 Å². The van der Waals surface area contributed by atoms with Crippen molar-refractivity contribution in [1.82, 2.24) is 4.90 Å². The molecule has 0 saturated carbocycles. The molecule has 1 aliphatic rings. The maximum atomic E-state index is 12.8. The molecule has 24 heavy (non-hydrogen) atoms. The van der Waals surface area contributed by atoms with Crippen molar-refractivity contribution in [2.45, 2.75) is 27.7 Å². The average molecular weight is 346 g/mol. The van der Waals surface area contributed by atoms with E-state index in [4.69, 9.17) is 0 Å². The van der Waals surface area contributed by atoms with E-state index >= 15 is 0 Å². The van der Waals surface area contributed by atoms with Crippen LogP contribution in [0.5, 0.6) is 0 Å². The Hall–Kier alpha value is -1.75. The van der Waals surface area contributed by atoms with Crippen molar-refractivity contribution in [2.24, 2.45) is 0 Å². The Labute approximate surface area is 148 Å². The SMILES string of the molecule is CCN(CC)C1=C(SC)C(=O)c2cc(=O)cc(N(CC)CC)cc21. The van der Waals surface area contributed by atoms with Crippen LogP contribution in [0.3, 0.4) is 0 Å². The van der Waals surface area contributed by atoms with E-state index in [0.717, 1.165) is 48.0 Å². The lowest BCUT2D eigenvalue weighted by molar-refractivity contribution is 0.104. The molecule has 1 aromatic rings. The fourth-order valence-electron chi connectivity index (χ4n) is 3.23. The van der Waals surface area contributed by atoms with E-state index in [1.807, 2.05) is 12.3 Å². The number of Topliss-reactive ketones (excluding diaryl/α,β-unsaturated/α-hetero) is 1. The van der Waals surface area contributed by atoms with Crippen LogP contribution >= 0.6 is 11.8 Å². The molecule has 0 aromatic heterocycles. The molecule has 0 unspecified atom stereocenters. The minimum atomic E-state index is -0.118. The number of carbonyl (C=O) groups is 1. The Morgan fingerprint density at radius 3 is 1.92 bits per heavy atom. The number of rotatable bonds is 7. The summed E-state index contributed by atoms with van der Waals surface area (Å²) < 4.78 is 0.